The first-order valence-corrected chi connectivity index (χ1v) is 6.62. The molecule has 1 aromatic rings. The highest BCUT2D eigenvalue weighted by Gasteiger charge is 2.21. The molecule has 0 aromatic heterocycles. The number of amides is 2. The fourth-order valence-corrected chi connectivity index (χ4v) is 1.56. The van der Waals surface area contributed by atoms with Crippen LogP contribution in [0.15, 0.2) is 22.7 Å². The monoisotopic (exact) mass is 327 g/mol. The van der Waals surface area contributed by atoms with Crippen LogP contribution in [-0.4, -0.2) is 23.9 Å². The van der Waals surface area contributed by atoms with Gasteiger partial charge in [0.2, 0.25) is 11.8 Å². The Labute approximate surface area is 121 Å². The molecule has 2 amide bonds. The molecule has 0 spiro atoms. The van der Waals surface area contributed by atoms with Gasteiger partial charge in [-0.25, -0.2) is 0 Å². The first-order valence-electron chi connectivity index (χ1n) is 5.83. The Morgan fingerprint density at radius 3 is 2.53 bits per heavy atom. The summed E-state index contributed by atoms with van der Waals surface area (Å²) < 4.78 is 0.976. The van der Waals surface area contributed by atoms with Crippen molar-refractivity contribution < 1.29 is 9.59 Å². The third kappa shape index (κ3) is 5.00. The molecule has 0 aliphatic carbocycles. The molecule has 0 aliphatic rings. The number of anilines is 1. The van der Waals surface area contributed by atoms with Gasteiger partial charge in [0.1, 0.15) is 0 Å². The summed E-state index contributed by atoms with van der Waals surface area (Å²) in [4.78, 5) is 23.2. The van der Waals surface area contributed by atoms with E-state index in [1.165, 1.54) is 0 Å². The van der Waals surface area contributed by atoms with Crippen molar-refractivity contribution >= 4 is 33.4 Å². The Hall–Kier alpha value is -1.40. The van der Waals surface area contributed by atoms with Crippen molar-refractivity contribution in [2.24, 2.45) is 5.73 Å². The lowest BCUT2D eigenvalue weighted by atomic mass is 10.1. The number of benzene rings is 1. The summed E-state index contributed by atoms with van der Waals surface area (Å²) in [5.74, 6) is -0.658. The maximum Gasteiger partial charge on any atom is 0.243 e. The molecule has 104 valence electrons. The first kappa shape index (κ1) is 15.7. The van der Waals surface area contributed by atoms with E-state index in [9.17, 15) is 9.59 Å². The van der Waals surface area contributed by atoms with Crippen LogP contribution in [-0.2, 0) is 9.59 Å². The molecule has 1 aromatic carbocycles. The summed E-state index contributed by atoms with van der Waals surface area (Å²) in [6.07, 6.45) is 0. The van der Waals surface area contributed by atoms with Gasteiger partial charge in [-0.15, -0.1) is 0 Å². The minimum atomic E-state index is -0.992. The lowest BCUT2D eigenvalue weighted by Gasteiger charge is -2.17. The molecular formula is C13H18BrN3O2. The largest absolute Gasteiger partial charge is 0.345 e. The highest BCUT2D eigenvalue weighted by molar-refractivity contribution is 9.10. The SMILES string of the molecule is Cc1cc(NC(=O)CNC(=O)C(C)(C)N)ccc1Br. The molecule has 1 rings (SSSR count). The topological polar surface area (TPSA) is 84.2 Å². The van der Waals surface area contributed by atoms with Crippen molar-refractivity contribution in [3.05, 3.63) is 28.2 Å². The summed E-state index contributed by atoms with van der Waals surface area (Å²) in [6.45, 7) is 4.99. The lowest BCUT2D eigenvalue weighted by molar-refractivity contribution is -0.127. The van der Waals surface area contributed by atoms with E-state index in [2.05, 4.69) is 26.6 Å². The Morgan fingerprint density at radius 2 is 2.00 bits per heavy atom. The normalized spacial score (nSPS) is 11.0. The molecular weight excluding hydrogens is 310 g/mol. The van der Waals surface area contributed by atoms with E-state index in [0.29, 0.717) is 5.69 Å². The summed E-state index contributed by atoms with van der Waals surface area (Å²) >= 11 is 3.38. The van der Waals surface area contributed by atoms with E-state index in [0.717, 1.165) is 10.0 Å². The Bertz CT molecular complexity index is 495. The number of aryl methyl sites for hydroxylation is 1. The van der Waals surface area contributed by atoms with Gasteiger partial charge in [-0.2, -0.15) is 0 Å². The van der Waals surface area contributed by atoms with Crippen molar-refractivity contribution in [2.45, 2.75) is 26.3 Å². The van der Waals surface area contributed by atoms with Crippen LogP contribution in [0.1, 0.15) is 19.4 Å². The van der Waals surface area contributed by atoms with Gasteiger partial charge in [0.25, 0.3) is 0 Å². The van der Waals surface area contributed by atoms with Crippen molar-refractivity contribution in [2.75, 3.05) is 11.9 Å². The minimum Gasteiger partial charge on any atom is -0.345 e. The van der Waals surface area contributed by atoms with Crippen molar-refractivity contribution in [1.82, 2.24) is 5.32 Å². The number of carbonyl (C=O) groups excluding carboxylic acids is 2. The molecule has 0 saturated heterocycles. The predicted molar refractivity (Wildman–Crippen MR) is 78.8 cm³/mol. The number of carbonyl (C=O) groups is 2. The lowest BCUT2D eigenvalue weighted by Crippen LogP contribution is -2.50. The second kappa shape index (κ2) is 6.16. The quantitative estimate of drug-likeness (QED) is 0.784. The zero-order valence-electron chi connectivity index (χ0n) is 11.2. The van der Waals surface area contributed by atoms with Crippen LogP contribution >= 0.6 is 15.9 Å². The van der Waals surface area contributed by atoms with Crippen LogP contribution in [0.25, 0.3) is 0 Å². The van der Waals surface area contributed by atoms with Crippen molar-refractivity contribution in [3.8, 4) is 0 Å². The maximum absolute atomic E-state index is 11.7. The summed E-state index contributed by atoms with van der Waals surface area (Å²) in [7, 11) is 0. The van der Waals surface area contributed by atoms with Crippen LogP contribution < -0.4 is 16.4 Å². The molecule has 0 unspecified atom stereocenters. The third-order valence-electron chi connectivity index (χ3n) is 2.44. The molecule has 6 heteroatoms. The third-order valence-corrected chi connectivity index (χ3v) is 3.33. The summed E-state index contributed by atoms with van der Waals surface area (Å²) in [5, 5.41) is 5.18. The highest BCUT2D eigenvalue weighted by atomic mass is 79.9. The fraction of sp³-hybridized carbons (Fsp3) is 0.385. The van der Waals surface area contributed by atoms with Gasteiger partial charge >= 0.3 is 0 Å². The average Bonchev–Trinajstić information content (AvgIpc) is 2.29. The molecule has 0 heterocycles. The Morgan fingerprint density at radius 1 is 1.37 bits per heavy atom. The standard InChI is InChI=1S/C13H18BrN3O2/c1-8-6-9(4-5-10(8)14)17-11(18)7-16-12(19)13(2,3)15/h4-6H,7,15H2,1-3H3,(H,16,19)(H,17,18). The van der Waals surface area contributed by atoms with Gasteiger partial charge < -0.3 is 16.4 Å². The van der Waals surface area contributed by atoms with Crippen molar-refractivity contribution in [1.29, 1.82) is 0 Å². The molecule has 0 aliphatic heterocycles. The number of rotatable bonds is 4. The van der Waals surface area contributed by atoms with Gasteiger partial charge in [0.05, 0.1) is 12.1 Å². The summed E-state index contributed by atoms with van der Waals surface area (Å²) in [5.41, 5.74) is 6.32. The van der Waals surface area contributed by atoms with E-state index in [4.69, 9.17) is 5.73 Å². The average molecular weight is 328 g/mol. The highest BCUT2D eigenvalue weighted by Crippen LogP contribution is 2.19. The van der Waals surface area contributed by atoms with Crippen LogP contribution in [0, 0.1) is 6.92 Å². The molecule has 5 nitrogen and oxygen atoms in total. The number of nitrogens with two attached hydrogens (primary N) is 1. The second-order valence-corrected chi connectivity index (χ2v) is 5.77. The zero-order valence-corrected chi connectivity index (χ0v) is 12.8. The van der Waals surface area contributed by atoms with E-state index in [1.807, 2.05) is 19.1 Å². The van der Waals surface area contributed by atoms with E-state index >= 15 is 0 Å². The predicted octanol–water partition coefficient (Wildman–Crippen LogP) is 1.55. The van der Waals surface area contributed by atoms with Crippen molar-refractivity contribution in [3.63, 3.8) is 0 Å². The Kier molecular flexibility index (Phi) is 5.08. The minimum absolute atomic E-state index is 0.103. The van der Waals surface area contributed by atoms with Gasteiger partial charge in [-0.1, -0.05) is 15.9 Å². The Balaban J connectivity index is 2.52. The molecule has 0 saturated carbocycles. The van der Waals surface area contributed by atoms with Gasteiger partial charge in [-0.3, -0.25) is 9.59 Å². The van der Waals surface area contributed by atoms with Crippen LogP contribution in [0.2, 0.25) is 0 Å². The van der Waals surface area contributed by atoms with Gasteiger partial charge in [0.15, 0.2) is 0 Å². The van der Waals surface area contributed by atoms with E-state index in [-0.39, 0.29) is 18.4 Å². The van der Waals surface area contributed by atoms with Crippen LogP contribution in [0.4, 0.5) is 5.69 Å². The van der Waals surface area contributed by atoms with Gasteiger partial charge in [-0.05, 0) is 44.5 Å². The van der Waals surface area contributed by atoms with E-state index < -0.39 is 5.54 Å². The molecule has 0 fully saturated rings. The smallest absolute Gasteiger partial charge is 0.243 e. The molecule has 4 N–H and O–H groups in total. The molecule has 0 bridgehead atoms. The number of nitrogens with one attached hydrogen (secondary N) is 2. The molecule has 0 atom stereocenters. The fourth-order valence-electron chi connectivity index (χ4n) is 1.32. The number of hydrogen-bond donors (Lipinski definition) is 3. The summed E-state index contributed by atoms with van der Waals surface area (Å²) in [6, 6.07) is 5.48. The van der Waals surface area contributed by atoms with E-state index in [1.54, 1.807) is 19.9 Å². The van der Waals surface area contributed by atoms with Crippen LogP contribution in [0.3, 0.4) is 0 Å². The molecule has 0 radical (unpaired) electrons. The second-order valence-electron chi connectivity index (χ2n) is 4.92. The zero-order chi connectivity index (χ0) is 14.6. The van der Waals surface area contributed by atoms with Gasteiger partial charge in [0, 0.05) is 10.2 Å². The first-order chi connectivity index (χ1) is 8.70. The molecule has 19 heavy (non-hydrogen) atoms. The number of halogens is 1. The maximum atomic E-state index is 11.7. The number of hydrogen-bond acceptors (Lipinski definition) is 3. The van der Waals surface area contributed by atoms with Crippen LogP contribution in [0.5, 0.6) is 0 Å².